The minimum absolute atomic E-state index is 0.616. The first-order valence-corrected chi connectivity index (χ1v) is 4.52. The molecule has 72 valence electrons. The summed E-state index contributed by atoms with van der Waals surface area (Å²) in [4.78, 5) is 12.5. The van der Waals surface area contributed by atoms with Crippen molar-refractivity contribution in [2.45, 2.75) is 13.8 Å². The van der Waals surface area contributed by atoms with Crippen LogP contribution in [0.15, 0.2) is 18.5 Å². The average molecular weight is 189 g/mol. The first-order valence-electron chi connectivity index (χ1n) is 4.52. The van der Waals surface area contributed by atoms with Crippen LogP contribution in [0, 0.1) is 6.92 Å². The number of fused-ring (bicyclic) bond motifs is 1. The summed E-state index contributed by atoms with van der Waals surface area (Å²) in [6, 6.07) is 1.85. The number of aryl methyl sites for hydroxylation is 1. The molecule has 0 saturated heterocycles. The van der Waals surface area contributed by atoms with Gasteiger partial charge in [0, 0.05) is 17.6 Å². The predicted molar refractivity (Wildman–Crippen MR) is 53.2 cm³/mol. The average Bonchev–Trinajstić information content (AvgIpc) is 2.19. The van der Waals surface area contributed by atoms with Gasteiger partial charge in [-0.3, -0.25) is 0 Å². The van der Waals surface area contributed by atoms with Gasteiger partial charge in [0.1, 0.15) is 5.82 Å². The van der Waals surface area contributed by atoms with Crippen LogP contribution in [-0.2, 0) is 0 Å². The quantitative estimate of drug-likeness (QED) is 0.721. The highest BCUT2D eigenvalue weighted by molar-refractivity contribution is 5.77. The van der Waals surface area contributed by atoms with Gasteiger partial charge in [0.2, 0.25) is 5.88 Å². The maximum Gasteiger partial charge on any atom is 0.213 e. The zero-order valence-corrected chi connectivity index (χ0v) is 8.19. The van der Waals surface area contributed by atoms with Gasteiger partial charge in [0.25, 0.3) is 0 Å². The van der Waals surface area contributed by atoms with Gasteiger partial charge in [0.15, 0.2) is 0 Å². The van der Waals surface area contributed by atoms with E-state index < -0.39 is 0 Å². The van der Waals surface area contributed by atoms with Gasteiger partial charge in [-0.1, -0.05) is 0 Å². The van der Waals surface area contributed by atoms with Crippen molar-refractivity contribution in [3.63, 3.8) is 0 Å². The van der Waals surface area contributed by atoms with Crippen molar-refractivity contribution in [3.8, 4) is 5.88 Å². The molecule has 0 atom stereocenters. The monoisotopic (exact) mass is 189 g/mol. The number of hydrogen-bond donors (Lipinski definition) is 0. The number of aromatic nitrogens is 3. The first-order chi connectivity index (χ1) is 6.79. The van der Waals surface area contributed by atoms with Crippen molar-refractivity contribution < 1.29 is 4.74 Å². The third-order valence-corrected chi connectivity index (χ3v) is 1.85. The zero-order valence-electron chi connectivity index (χ0n) is 8.19. The summed E-state index contributed by atoms with van der Waals surface area (Å²) < 4.78 is 5.28. The van der Waals surface area contributed by atoms with E-state index in [9.17, 15) is 0 Å². The minimum atomic E-state index is 0.616. The largest absolute Gasteiger partial charge is 0.478 e. The van der Waals surface area contributed by atoms with Gasteiger partial charge in [-0.15, -0.1) is 0 Å². The molecule has 0 saturated carbocycles. The Hall–Kier alpha value is -1.71. The summed E-state index contributed by atoms with van der Waals surface area (Å²) in [5.41, 5.74) is 0.848. The van der Waals surface area contributed by atoms with Crippen molar-refractivity contribution in [1.82, 2.24) is 15.0 Å². The number of nitrogens with zero attached hydrogens (tertiary/aromatic N) is 3. The van der Waals surface area contributed by atoms with Crippen molar-refractivity contribution in [2.24, 2.45) is 0 Å². The zero-order chi connectivity index (χ0) is 9.97. The molecule has 0 bridgehead atoms. The lowest BCUT2D eigenvalue weighted by molar-refractivity contribution is 0.327. The number of rotatable bonds is 2. The van der Waals surface area contributed by atoms with Crippen LogP contribution in [0.4, 0.5) is 0 Å². The van der Waals surface area contributed by atoms with Gasteiger partial charge >= 0.3 is 0 Å². The van der Waals surface area contributed by atoms with Gasteiger partial charge in [-0.25, -0.2) is 15.0 Å². The number of hydrogen-bond acceptors (Lipinski definition) is 4. The van der Waals surface area contributed by atoms with Crippen molar-refractivity contribution in [2.75, 3.05) is 6.61 Å². The molecule has 2 aromatic heterocycles. The maximum absolute atomic E-state index is 5.28. The van der Waals surface area contributed by atoms with Gasteiger partial charge in [-0.2, -0.15) is 0 Å². The molecule has 0 aliphatic heterocycles. The smallest absolute Gasteiger partial charge is 0.213 e. The second kappa shape index (κ2) is 3.57. The molecule has 0 amide bonds. The SMILES string of the molecule is CCOc1cc2cnc(C)nc2cn1. The highest BCUT2D eigenvalue weighted by Crippen LogP contribution is 2.15. The van der Waals surface area contributed by atoms with Crippen LogP contribution in [0.5, 0.6) is 5.88 Å². The van der Waals surface area contributed by atoms with Crippen LogP contribution in [0.1, 0.15) is 12.7 Å². The molecule has 2 rings (SSSR count). The van der Waals surface area contributed by atoms with Gasteiger partial charge in [0.05, 0.1) is 18.3 Å². The van der Waals surface area contributed by atoms with E-state index in [2.05, 4.69) is 15.0 Å². The Bertz CT molecular complexity index is 456. The Balaban J connectivity index is 2.50. The second-order valence-electron chi connectivity index (χ2n) is 2.93. The predicted octanol–water partition coefficient (Wildman–Crippen LogP) is 1.73. The maximum atomic E-state index is 5.28. The van der Waals surface area contributed by atoms with E-state index in [1.165, 1.54) is 0 Å². The van der Waals surface area contributed by atoms with Crippen molar-refractivity contribution in [3.05, 3.63) is 24.3 Å². The lowest BCUT2D eigenvalue weighted by atomic mass is 10.3. The Morgan fingerprint density at radius 1 is 1.29 bits per heavy atom. The molecule has 0 aliphatic carbocycles. The molecular formula is C10H11N3O. The molecule has 2 aromatic rings. The van der Waals surface area contributed by atoms with E-state index in [1.54, 1.807) is 12.4 Å². The molecule has 0 unspecified atom stereocenters. The lowest BCUT2D eigenvalue weighted by Gasteiger charge is -2.02. The van der Waals surface area contributed by atoms with E-state index in [0.29, 0.717) is 12.5 Å². The van der Waals surface area contributed by atoms with Crippen LogP contribution in [-0.4, -0.2) is 21.6 Å². The molecule has 4 heteroatoms. The summed E-state index contributed by atoms with van der Waals surface area (Å²) in [5.74, 6) is 1.37. The Morgan fingerprint density at radius 3 is 2.93 bits per heavy atom. The minimum Gasteiger partial charge on any atom is -0.478 e. The summed E-state index contributed by atoms with van der Waals surface area (Å²) >= 11 is 0. The third kappa shape index (κ3) is 1.64. The molecule has 0 N–H and O–H groups in total. The van der Waals surface area contributed by atoms with Gasteiger partial charge in [-0.05, 0) is 13.8 Å². The molecule has 0 spiro atoms. The lowest BCUT2D eigenvalue weighted by Crippen LogP contribution is -1.95. The molecule has 2 heterocycles. The second-order valence-corrected chi connectivity index (χ2v) is 2.93. The molecule has 0 radical (unpaired) electrons. The number of ether oxygens (including phenoxy) is 1. The van der Waals surface area contributed by atoms with Crippen molar-refractivity contribution in [1.29, 1.82) is 0 Å². The van der Waals surface area contributed by atoms with Crippen LogP contribution in [0.2, 0.25) is 0 Å². The summed E-state index contributed by atoms with van der Waals surface area (Å²) in [6.07, 6.45) is 3.48. The Labute approximate surface area is 82.0 Å². The fourth-order valence-corrected chi connectivity index (χ4v) is 1.23. The Morgan fingerprint density at radius 2 is 2.14 bits per heavy atom. The topological polar surface area (TPSA) is 47.9 Å². The fraction of sp³-hybridized carbons (Fsp3) is 0.300. The van der Waals surface area contributed by atoms with E-state index in [-0.39, 0.29) is 0 Å². The Kier molecular flexibility index (Phi) is 2.26. The molecule has 14 heavy (non-hydrogen) atoms. The molecule has 0 aliphatic rings. The summed E-state index contributed by atoms with van der Waals surface area (Å²) in [6.45, 7) is 4.40. The normalized spacial score (nSPS) is 10.4. The highest BCUT2D eigenvalue weighted by atomic mass is 16.5. The van der Waals surface area contributed by atoms with E-state index in [4.69, 9.17) is 4.74 Å². The van der Waals surface area contributed by atoms with E-state index in [0.717, 1.165) is 16.7 Å². The summed E-state index contributed by atoms with van der Waals surface area (Å²) in [7, 11) is 0. The van der Waals surface area contributed by atoms with Crippen molar-refractivity contribution >= 4 is 10.9 Å². The van der Waals surface area contributed by atoms with Gasteiger partial charge < -0.3 is 4.74 Å². The summed E-state index contributed by atoms with van der Waals surface area (Å²) in [5, 5.41) is 0.953. The molecular weight excluding hydrogens is 178 g/mol. The van der Waals surface area contributed by atoms with Crippen LogP contribution in [0.25, 0.3) is 10.9 Å². The molecule has 0 aromatic carbocycles. The van der Waals surface area contributed by atoms with E-state index in [1.807, 2.05) is 19.9 Å². The van der Waals surface area contributed by atoms with Crippen LogP contribution >= 0.6 is 0 Å². The number of pyridine rings is 1. The molecule has 0 fully saturated rings. The molecule has 4 nitrogen and oxygen atoms in total. The third-order valence-electron chi connectivity index (χ3n) is 1.85. The fourth-order valence-electron chi connectivity index (χ4n) is 1.23. The first kappa shape index (κ1) is 8.87. The van der Waals surface area contributed by atoms with E-state index >= 15 is 0 Å². The highest BCUT2D eigenvalue weighted by Gasteiger charge is 1.99. The van der Waals surface area contributed by atoms with Crippen LogP contribution < -0.4 is 4.74 Å². The standard InChI is InChI=1S/C10H11N3O/c1-3-14-10-4-8-5-11-7(2)13-9(8)6-12-10/h4-6H,3H2,1-2H3. The van der Waals surface area contributed by atoms with Crippen LogP contribution in [0.3, 0.4) is 0 Å².